The first kappa shape index (κ1) is 29.9. The Morgan fingerprint density at radius 1 is 0.929 bits per heavy atom. The highest BCUT2D eigenvalue weighted by Gasteiger charge is 2.27. The van der Waals surface area contributed by atoms with E-state index < -0.39 is 22.5 Å². The Morgan fingerprint density at radius 3 is 2.26 bits per heavy atom. The number of nitrogens with zero attached hydrogens (tertiary/aromatic N) is 2. The number of aryl methyl sites for hydroxylation is 1. The van der Waals surface area contributed by atoms with Crippen LogP contribution in [0.15, 0.2) is 106 Å². The van der Waals surface area contributed by atoms with Gasteiger partial charge in [-0.2, -0.15) is 5.10 Å². The van der Waals surface area contributed by atoms with E-state index in [1.165, 1.54) is 43.9 Å². The van der Waals surface area contributed by atoms with Gasteiger partial charge in [0.15, 0.2) is 6.61 Å². The SMILES string of the molecule is COc1ccc(S(=O)(=O)N(CC(=O)N/N=C/c2ccc(OCC(=O)NCc3ccco3)cc2)c2ccc(C)cc2)cc1. The molecule has 2 amide bonds. The Morgan fingerprint density at radius 2 is 1.62 bits per heavy atom. The molecule has 1 aromatic heterocycles. The fourth-order valence-corrected chi connectivity index (χ4v) is 5.12. The monoisotopic (exact) mass is 590 g/mol. The van der Waals surface area contributed by atoms with E-state index >= 15 is 0 Å². The zero-order valence-corrected chi connectivity index (χ0v) is 23.8. The third kappa shape index (κ3) is 8.21. The van der Waals surface area contributed by atoms with Crippen molar-refractivity contribution in [2.75, 3.05) is 24.6 Å². The molecule has 0 saturated heterocycles. The minimum Gasteiger partial charge on any atom is -0.497 e. The summed E-state index contributed by atoms with van der Waals surface area (Å²) < 4.78 is 43.8. The zero-order valence-electron chi connectivity index (χ0n) is 23.0. The molecule has 0 radical (unpaired) electrons. The summed E-state index contributed by atoms with van der Waals surface area (Å²) in [5, 5.41) is 6.65. The van der Waals surface area contributed by atoms with Gasteiger partial charge in [-0.15, -0.1) is 0 Å². The van der Waals surface area contributed by atoms with Gasteiger partial charge in [0.1, 0.15) is 23.8 Å². The van der Waals surface area contributed by atoms with Crippen LogP contribution in [0.3, 0.4) is 0 Å². The predicted octanol–water partition coefficient (Wildman–Crippen LogP) is 3.64. The molecule has 0 unspecified atom stereocenters. The molecule has 0 aliphatic heterocycles. The second-order valence-electron chi connectivity index (χ2n) is 9.03. The van der Waals surface area contributed by atoms with E-state index in [2.05, 4.69) is 15.8 Å². The van der Waals surface area contributed by atoms with Gasteiger partial charge in [0.05, 0.1) is 36.7 Å². The summed E-state index contributed by atoms with van der Waals surface area (Å²) in [6, 6.07) is 22.9. The largest absolute Gasteiger partial charge is 0.497 e. The molecule has 2 N–H and O–H groups in total. The first-order valence-corrected chi connectivity index (χ1v) is 14.3. The number of hydrogen-bond donors (Lipinski definition) is 2. The standard InChI is InChI=1S/C30H30N4O7S/c1-22-5-9-24(10-6-22)34(42(37,38)28-15-13-25(39-2)14-16-28)20-29(35)33-32-18-23-7-11-26(12-8-23)41-21-30(36)31-19-27-4-3-17-40-27/h3-18H,19-21H2,1-2H3,(H,31,36)(H,33,35)/b32-18+. The molecule has 4 aromatic rings. The fourth-order valence-electron chi connectivity index (χ4n) is 3.69. The lowest BCUT2D eigenvalue weighted by atomic mass is 10.2. The zero-order chi connectivity index (χ0) is 30.0. The number of hydrogen-bond acceptors (Lipinski definition) is 8. The molecule has 0 atom stereocenters. The number of furan rings is 1. The maximum Gasteiger partial charge on any atom is 0.264 e. The van der Waals surface area contributed by atoms with Crippen LogP contribution in [0.4, 0.5) is 5.69 Å². The smallest absolute Gasteiger partial charge is 0.264 e. The number of methoxy groups -OCH3 is 1. The van der Waals surface area contributed by atoms with Gasteiger partial charge in [-0.05, 0) is 85.3 Å². The molecule has 218 valence electrons. The van der Waals surface area contributed by atoms with Crippen molar-refractivity contribution >= 4 is 33.7 Å². The highest BCUT2D eigenvalue weighted by atomic mass is 32.2. The first-order valence-electron chi connectivity index (χ1n) is 12.8. The van der Waals surface area contributed by atoms with E-state index in [1.54, 1.807) is 60.7 Å². The summed E-state index contributed by atoms with van der Waals surface area (Å²) in [5.41, 5.74) is 4.30. The Hall–Kier alpha value is -5.10. The molecule has 11 nitrogen and oxygen atoms in total. The quantitative estimate of drug-likeness (QED) is 0.179. The number of amides is 2. The van der Waals surface area contributed by atoms with Crippen LogP contribution in [0.1, 0.15) is 16.9 Å². The van der Waals surface area contributed by atoms with E-state index in [0.717, 1.165) is 9.87 Å². The van der Waals surface area contributed by atoms with E-state index in [0.29, 0.717) is 28.5 Å². The van der Waals surface area contributed by atoms with Crippen LogP contribution in [-0.4, -0.2) is 46.7 Å². The number of rotatable bonds is 13. The molecule has 42 heavy (non-hydrogen) atoms. The minimum atomic E-state index is -4.08. The summed E-state index contributed by atoms with van der Waals surface area (Å²) >= 11 is 0. The van der Waals surface area contributed by atoms with E-state index in [1.807, 2.05) is 6.92 Å². The lowest BCUT2D eigenvalue weighted by molar-refractivity contribution is -0.123. The normalized spacial score (nSPS) is 11.2. The summed E-state index contributed by atoms with van der Waals surface area (Å²) in [6.45, 7) is 1.49. The van der Waals surface area contributed by atoms with Gasteiger partial charge in [0.25, 0.3) is 21.8 Å². The van der Waals surface area contributed by atoms with Crippen molar-refractivity contribution in [3.63, 3.8) is 0 Å². The molecular formula is C30H30N4O7S. The Labute approximate surface area is 243 Å². The molecule has 0 fully saturated rings. The highest BCUT2D eigenvalue weighted by Crippen LogP contribution is 2.25. The maximum atomic E-state index is 13.5. The van der Waals surface area contributed by atoms with Gasteiger partial charge in [0.2, 0.25) is 0 Å². The summed E-state index contributed by atoms with van der Waals surface area (Å²) in [6.07, 6.45) is 2.94. The third-order valence-corrected chi connectivity index (χ3v) is 7.74. The number of carbonyl (C=O) groups is 2. The van der Waals surface area contributed by atoms with Crippen LogP contribution in [0.5, 0.6) is 11.5 Å². The summed E-state index contributed by atoms with van der Waals surface area (Å²) in [4.78, 5) is 24.7. The number of benzene rings is 3. The third-order valence-electron chi connectivity index (χ3n) is 5.95. The molecule has 12 heteroatoms. The van der Waals surface area contributed by atoms with Crippen LogP contribution in [-0.2, 0) is 26.2 Å². The average Bonchev–Trinajstić information content (AvgIpc) is 3.53. The molecule has 1 heterocycles. The number of hydrazone groups is 1. The van der Waals surface area contributed by atoms with Crippen LogP contribution in [0, 0.1) is 6.92 Å². The van der Waals surface area contributed by atoms with Crippen molar-refractivity contribution < 1.29 is 31.9 Å². The van der Waals surface area contributed by atoms with Crippen LogP contribution < -0.4 is 24.5 Å². The van der Waals surface area contributed by atoms with E-state index in [9.17, 15) is 18.0 Å². The number of anilines is 1. The molecule has 0 bridgehead atoms. The second-order valence-corrected chi connectivity index (χ2v) is 10.9. The van der Waals surface area contributed by atoms with Crippen molar-refractivity contribution in [1.82, 2.24) is 10.7 Å². The molecule has 3 aromatic carbocycles. The van der Waals surface area contributed by atoms with Crippen LogP contribution in [0.25, 0.3) is 0 Å². The summed E-state index contributed by atoms with van der Waals surface area (Å²) in [5.74, 6) is 0.689. The van der Waals surface area contributed by atoms with Gasteiger partial charge >= 0.3 is 0 Å². The van der Waals surface area contributed by atoms with Crippen molar-refractivity contribution in [3.8, 4) is 11.5 Å². The predicted molar refractivity (Wildman–Crippen MR) is 157 cm³/mol. The van der Waals surface area contributed by atoms with E-state index in [4.69, 9.17) is 13.9 Å². The fraction of sp³-hybridized carbons (Fsp3) is 0.167. The van der Waals surface area contributed by atoms with E-state index in [-0.39, 0.29) is 24.0 Å². The topological polar surface area (TPSA) is 140 Å². The van der Waals surface area contributed by atoms with Gasteiger partial charge in [-0.3, -0.25) is 13.9 Å². The molecule has 0 saturated carbocycles. The van der Waals surface area contributed by atoms with Crippen LogP contribution in [0.2, 0.25) is 0 Å². The van der Waals surface area contributed by atoms with Gasteiger partial charge in [-0.1, -0.05) is 17.7 Å². The Bertz CT molecular complexity index is 1600. The second kappa shape index (κ2) is 14.0. The summed E-state index contributed by atoms with van der Waals surface area (Å²) in [7, 11) is -2.59. The molecule has 0 aliphatic rings. The highest BCUT2D eigenvalue weighted by molar-refractivity contribution is 7.92. The lowest BCUT2D eigenvalue weighted by Gasteiger charge is -2.24. The van der Waals surface area contributed by atoms with Crippen molar-refractivity contribution in [2.24, 2.45) is 5.10 Å². The molecular weight excluding hydrogens is 560 g/mol. The number of ether oxygens (including phenoxy) is 2. The maximum absolute atomic E-state index is 13.5. The van der Waals surface area contributed by atoms with Gasteiger partial charge in [0, 0.05) is 0 Å². The van der Waals surface area contributed by atoms with Crippen molar-refractivity contribution in [1.29, 1.82) is 0 Å². The molecule has 0 aliphatic carbocycles. The number of nitrogens with one attached hydrogen (secondary N) is 2. The number of carbonyl (C=O) groups excluding carboxylic acids is 2. The van der Waals surface area contributed by atoms with Gasteiger partial charge < -0.3 is 19.2 Å². The van der Waals surface area contributed by atoms with Crippen molar-refractivity contribution in [2.45, 2.75) is 18.4 Å². The van der Waals surface area contributed by atoms with Gasteiger partial charge in [-0.25, -0.2) is 13.8 Å². The lowest BCUT2D eigenvalue weighted by Crippen LogP contribution is -2.39. The first-order chi connectivity index (χ1) is 20.2. The minimum absolute atomic E-state index is 0.0116. The molecule has 4 rings (SSSR count). The number of sulfonamides is 1. The average molecular weight is 591 g/mol. The van der Waals surface area contributed by atoms with Crippen LogP contribution >= 0.6 is 0 Å². The Balaban J connectivity index is 1.34. The Kier molecular flexibility index (Phi) is 9.95. The van der Waals surface area contributed by atoms with Crippen molar-refractivity contribution in [3.05, 3.63) is 108 Å². The molecule has 0 spiro atoms.